The number of hydrogen-bond donors (Lipinski definition) is 3. The topological polar surface area (TPSA) is 155 Å². The van der Waals surface area contributed by atoms with Gasteiger partial charge in [-0.25, -0.2) is 9.97 Å². The molecule has 1 atom stereocenters. The number of hydrogen-bond acceptors (Lipinski definition) is 12. The number of halogens is 2. The third-order valence-electron chi connectivity index (χ3n) is 9.60. The van der Waals surface area contributed by atoms with Crippen LogP contribution in [-0.2, 0) is 13.1 Å². The van der Waals surface area contributed by atoms with Crippen LogP contribution in [0.4, 0.5) is 11.6 Å². The third-order valence-corrected chi connectivity index (χ3v) is 10.3. The Kier molecular flexibility index (Phi) is 13.1. The molecular formula is C39H45Cl2N9O4. The van der Waals surface area contributed by atoms with Crippen molar-refractivity contribution in [3.05, 3.63) is 94.0 Å². The predicted molar refractivity (Wildman–Crippen MR) is 212 cm³/mol. The fraction of sp³-hybridized carbons (Fsp3) is 0.359. The summed E-state index contributed by atoms with van der Waals surface area (Å²) in [6.07, 6.45) is 7.15. The van der Waals surface area contributed by atoms with Crippen molar-refractivity contribution in [3.63, 3.8) is 0 Å². The van der Waals surface area contributed by atoms with Crippen LogP contribution in [0.25, 0.3) is 22.2 Å². The molecule has 284 valence electrons. The number of anilines is 2. The van der Waals surface area contributed by atoms with E-state index in [1.165, 1.54) is 45.3 Å². The molecule has 13 nitrogen and oxygen atoms in total. The molecule has 0 bridgehead atoms. The van der Waals surface area contributed by atoms with Gasteiger partial charge in [-0.3, -0.25) is 24.6 Å². The number of likely N-dealkylation sites (tertiary alicyclic amines) is 1. The lowest BCUT2D eigenvalue weighted by Crippen LogP contribution is -2.45. The summed E-state index contributed by atoms with van der Waals surface area (Å²) in [5.74, 6) is 1.39. The maximum Gasteiger partial charge on any atom is 0.259 e. The van der Waals surface area contributed by atoms with Gasteiger partial charge in [-0.2, -0.15) is 0 Å². The van der Waals surface area contributed by atoms with Crippen LogP contribution in [0.15, 0.2) is 67.3 Å². The van der Waals surface area contributed by atoms with Crippen LogP contribution in [0, 0.1) is 0 Å². The van der Waals surface area contributed by atoms with Gasteiger partial charge in [0, 0.05) is 94.3 Å². The number of ether oxygens (including phenoxy) is 2. The molecule has 3 aromatic heterocycles. The number of benzene rings is 2. The van der Waals surface area contributed by atoms with Gasteiger partial charge in [0.2, 0.25) is 0 Å². The Morgan fingerprint density at radius 3 is 2.04 bits per heavy atom. The molecule has 15 heteroatoms. The average molecular weight is 775 g/mol. The zero-order chi connectivity index (χ0) is 38.2. The number of carbonyl (C=O) groups is 1. The molecule has 0 spiro atoms. The lowest BCUT2D eigenvalue weighted by Gasteiger charge is -2.33. The predicted octanol–water partition coefficient (Wildman–Crippen LogP) is 5.64. The van der Waals surface area contributed by atoms with Gasteiger partial charge >= 0.3 is 0 Å². The van der Waals surface area contributed by atoms with Crippen molar-refractivity contribution in [2.24, 2.45) is 0 Å². The summed E-state index contributed by atoms with van der Waals surface area (Å²) in [5, 5.41) is 13.1. The van der Waals surface area contributed by atoms with Crippen LogP contribution in [0.2, 0.25) is 10.0 Å². The van der Waals surface area contributed by atoms with E-state index < -0.39 is 0 Å². The first-order valence-electron chi connectivity index (χ1n) is 17.8. The number of methoxy groups -OCH3 is 2. The van der Waals surface area contributed by atoms with E-state index in [0.717, 1.165) is 44.7 Å². The van der Waals surface area contributed by atoms with Crippen molar-refractivity contribution in [1.82, 2.24) is 34.6 Å². The highest BCUT2D eigenvalue weighted by Crippen LogP contribution is 2.47. The summed E-state index contributed by atoms with van der Waals surface area (Å²) in [5.41, 5.74) is 9.98. The van der Waals surface area contributed by atoms with Crippen LogP contribution in [-0.4, -0.2) is 112 Å². The number of nitrogens with two attached hydrogens (primary N) is 1. The number of rotatable bonds is 10. The summed E-state index contributed by atoms with van der Waals surface area (Å²) < 4.78 is 10.8. The Morgan fingerprint density at radius 2 is 1.46 bits per heavy atom. The number of nitrogens with one attached hydrogen (secondary N) is 1. The number of nitrogen functional groups attached to an aromatic ring is 1. The van der Waals surface area contributed by atoms with Crippen molar-refractivity contribution >= 4 is 51.8 Å². The molecule has 5 heterocycles. The summed E-state index contributed by atoms with van der Waals surface area (Å²) in [6, 6.07) is 12.6. The van der Waals surface area contributed by atoms with Gasteiger partial charge in [-0.05, 0) is 42.3 Å². The lowest BCUT2D eigenvalue weighted by atomic mass is 9.99. The van der Waals surface area contributed by atoms with Crippen molar-refractivity contribution in [3.8, 4) is 22.6 Å². The Hall–Kier alpha value is -4.63. The molecule has 54 heavy (non-hydrogen) atoms. The third kappa shape index (κ3) is 9.35. The molecule has 0 saturated carbocycles. The molecule has 2 saturated heterocycles. The zero-order valence-corrected chi connectivity index (χ0v) is 32.1. The number of aliphatic hydroxyl groups is 1. The van der Waals surface area contributed by atoms with Crippen LogP contribution < -0.4 is 20.5 Å². The number of likely N-dealkylation sites (N-methyl/N-ethyl adjacent to an activating group) is 1. The van der Waals surface area contributed by atoms with E-state index in [4.69, 9.17) is 38.4 Å². The monoisotopic (exact) mass is 773 g/mol. The highest BCUT2D eigenvalue weighted by atomic mass is 35.5. The number of pyridine rings is 2. The van der Waals surface area contributed by atoms with Crippen LogP contribution in [0.3, 0.4) is 0 Å². The molecule has 0 unspecified atom stereocenters. The van der Waals surface area contributed by atoms with Gasteiger partial charge in [-0.1, -0.05) is 48.3 Å². The van der Waals surface area contributed by atoms with Gasteiger partial charge < -0.3 is 30.5 Å². The number of amides is 1. The standard InChI is InChI=1S/C27H25Cl2N5O4.C12H20N4/c1-37-19-11-20(38-2)24(29)22(23(19)28)17-4-5-18(26-25(17)30-8-9-31-26)27(36)33-21-6-3-15(12-32-21)13-34-10-7-16(35)14-34;1-2-15-5-7-16(8-6-15)10-11-3-4-12(13)14-9-11/h3-6,8-9,11-12,16,35H,7,10,13-14H2,1-2H3,(H,32,33,36);3-4,9H,2,5-8,10H2,1H3,(H2,13,14)/t16-;/m1./s1. The fourth-order valence-electron chi connectivity index (χ4n) is 6.60. The van der Waals surface area contributed by atoms with Crippen molar-refractivity contribution in [2.75, 3.05) is 71.1 Å². The average Bonchev–Trinajstić information content (AvgIpc) is 3.61. The molecule has 5 aromatic rings. The Labute approximate surface area is 325 Å². The SMILES string of the molecule is CCN1CCN(Cc2ccc(N)nc2)CC1.COc1cc(OC)c(Cl)c(-c2ccc(C(=O)Nc3ccc(CN4CC[C@@H](O)C4)cn3)c3nccnc23)c1Cl. The van der Waals surface area contributed by atoms with E-state index in [9.17, 15) is 9.90 Å². The summed E-state index contributed by atoms with van der Waals surface area (Å²) in [7, 11) is 3.00. The zero-order valence-electron chi connectivity index (χ0n) is 30.6. The second-order valence-corrected chi connectivity index (χ2v) is 13.9. The number of aromatic nitrogens is 4. The van der Waals surface area contributed by atoms with Crippen molar-refractivity contribution in [2.45, 2.75) is 32.5 Å². The Balaban J connectivity index is 0.000000259. The van der Waals surface area contributed by atoms with Gasteiger partial charge in [0.1, 0.15) is 28.7 Å². The number of aliphatic hydroxyl groups excluding tert-OH is 1. The maximum atomic E-state index is 13.3. The number of fused-ring (bicyclic) bond motifs is 1. The first-order chi connectivity index (χ1) is 26.2. The van der Waals surface area contributed by atoms with Crippen LogP contribution in [0.5, 0.6) is 11.5 Å². The Bertz CT molecular complexity index is 2020. The van der Waals surface area contributed by atoms with E-state index in [1.807, 2.05) is 18.3 Å². The molecule has 2 fully saturated rings. The number of nitrogens with zero attached hydrogens (tertiary/aromatic N) is 7. The van der Waals surface area contributed by atoms with E-state index in [-0.39, 0.29) is 22.1 Å². The lowest BCUT2D eigenvalue weighted by molar-refractivity contribution is 0.102. The van der Waals surface area contributed by atoms with E-state index >= 15 is 0 Å². The molecule has 2 aromatic carbocycles. The molecule has 1 amide bonds. The number of carbonyl (C=O) groups excluding carboxylic acids is 1. The number of β-amino-alcohol motifs (C(OH)–C–C–N with tert-alkyl or cyclic N) is 1. The van der Waals surface area contributed by atoms with Gasteiger partial charge in [-0.15, -0.1) is 0 Å². The van der Waals surface area contributed by atoms with Crippen molar-refractivity contribution in [1.29, 1.82) is 0 Å². The highest BCUT2D eigenvalue weighted by molar-refractivity contribution is 6.41. The minimum atomic E-state index is -0.384. The Morgan fingerprint density at radius 1 is 0.833 bits per heavy atom. The first-order valence-corrected chi connectivity index (χ1v) is 18.6. The van der Waals surface area contributed by atoms with Gasteiger partial charge in [0.15, 0.2) is 0 Å². The molecule has 0 radical (unpaired) electrons. The largest absolute Gasteiger partial charge is 0.495 e. The van der Waals surface area contributed by atoms with Gasteiger partial charge in [0.25, 0.3) is 5.91 Å². The van der Waals surface area contributed by atoms with Crippen LogP contribution in [0.1, 0.15) is 34.8 Å². The molecule has 7 rings (SSSR count). The summed E-state index contributed by atoms with van der Waals surface area (Å²) in [4.78, 5) is 37.8. The second kappa shape index (κ2) is 18.1. The van der Waals surface area contributed by atoms with E-state index in [1.54, 1.807) is 30.5 Å². The molecule has 2 aliphatic rings. The highest BCUT2D eigenvalue weighted by Gasteiger charge is 2.24. The first kappa shape index (κ1) is 39.1. The van der Waals surface area contributed by atoms with Crippen LogP contribution >= 0.6 is 23.2 Å². The number of piperazine rings is 1. The van der Waals surface area contributed by atoms with Gasteiger partial charge in [0.05, 0.1) is 41.4 Å². The van der Waals surface area contributed by atoms with Crippen molar-refractivity contribution < 1.29 is 19.4 Å². The summed E-state index contributed by atoms with van der Waals surface area (Å²) in [6.45, 7) is 11.2. The quantitative estimate of drug-likeness (QED) is 0.161. The minimum Gasteiger partial charge on any atom is -0.495 e. The van der Waals surface area contributed by atoms with E-state index in [0.29, 0.717) is 63.9 Å². The maximum absolute atomic E-state index is 13.3. The van der Waals surface area contributed by atoms with E-state index in [2.05, 4.69) is 52.9 Å². The molecule has 2 aliphatic heterocycles. The fourth-order valence-corrected chi connectivity index (χ4v) is 7.31. The normalized spacial score (nSPS) is 16.5. The minimum absolute atomic E-state index is 0.274. The second-order valence-electron chi connectivity index (χ2n) is 13.2. The molecule has 4 N–H and O–H groups in total. The summed E-state index contributed by atoms with van der Waals surface area (Å²) >= 11 is 13.3. The molecular weight excluding hydrogens is 729 g/mol. The molecule has 0 aliphatic carbocycles. The smallest absolute Gasteiger partial charge is 0.259 e.